The van der Waals surface area contributed by atoms with Crippen LogP contribution in [-0.4, -0.2) is 19.1 Å². The molecule has 4 heteroatoms. The van der Waals surface area contributed by atoms with Crippen molar-refractivity contribution < 1.29 is 13.9 Å². The highest BCUT2D eigenvalue weighted by Crippen LogP contribution is 2.28. The minimum absolute atomic E-state index is 0.0128. The molecule has 2 atom stereocenters. The van der Waals surface area contributed by atoms with Crippen LogP contribution in [0.5, 0.6) is 0 Å². The summed E-state index contributed by atoms with van der Waals surface area (Å²) in [5.41, 5.74) is 0.840. The Morgan fingerprint density at radius 2 is 1.95 bits per heavy atom. The van der Waals surface area contributed by atoms with Crippen LogP contribution >= 0.6 is 0 Å². The van der Waals surface area contributed by atoms with Crippen LogP contribution in [0.1, 0.15) is 49.0 Å². The van der Waals surface area contributed by atoms with E-state index in [0.717, 1.165) is 17.4 Å². The number of hydrogen-bond acceptors (Lipinski definition) is 3. The van der Waals surface area contributed by atoms with Crippen LogP contribution in [0.15, 0.2) is 18.2 Å². The summed E-state index contributed by atoms with van der Waals surface area (Å²) in [5.74, 6) is 0.322. The third-order valence-corrected chi connectivity index (χ3v) is 4.21. The van der Waals surface area contributed by atoms with Crippen molar-refractivity contribution in [2.75, 3.05) is 7.11 Å². The summed E-state index contributed by atoms with van der Waals surface area (Å²) in [6.07, 6.45) is 3.64. The van der Waals surface area contributed by atoms with E-state index in [0.29, 0.717) is 12.6 Å². The van der Waals surface area contributed by atoms with Crippen LogP contribution in [0.4, 0.5) is 4.39 Å². The Balaban J connectivity index is 1.94. The Hall–Kier alpha value is -1.42. The van der Waals surface area contributed by atoms with Crippen molar-refractivity contribution in [3.05, 3.63) is 35.1 Å². The Bertz CT molecular complexity index is 494. The zero-order valence-corrected chi connectivity index (χ0v) is 13.0. The van der Waals surface area contributed by atoms with E-state index in [1.165, 1.54) is 38.5 Å². The highest BCUT2D eigenvalue weighted by Gasteiger charge is 2.23. The van der Waals surface area contributed by atoms with E-state index in [1.807, 2.05) is 0 Å². The van der Waals surface area contributed by atoms with Crippen LogP contribution in [-0.2, 0) is 11.3 Å². The van der Waals surface area contributed by atoms with E-state index >= 15 is 0 Å². The van der Waals surface area contributed by atoms with Gasteiger partial charge in [0.2, 0.25) is 0 Å². The van der Waals surface area contributed by atoms with Crippen molar-refractivity contribution in [3.63, 3.8) is 0 Å². The molecule has 1 aromatic carbocycles. The summed E-state index contributed by atoms with van der Waals surface area (Å²) >= 11 is 0. The summed E-state index contributed by atoms with van der Waals surface area (Å²) in [4.78, 5) is 11.3. The molecule has 3 nitrogen and oxygen atoms in total. The number of ether oxygens (including phenoxy) is 1. The van der Waals surface area contributed by atoms with Gasteiger partial charge >= 0.3 is 5.97 Å². The molecule has 0 bridgehead atoms. The lowest BCUT2D eigenvalue weighted by atomic mass is 9.80. The fourth-order valence-electron chi connectivity index (χ4n) is 3.32. The Kier molecular flexibility index (Phi) is 5.34. The third-order valence-electron chi connectivity index (χ3n) is 4.21. The highest BCUT2D eigenvalue weighted by molar-refractivity contribution is 5.89. The Morgan fingerprint density at radius 3 is 2.52 bits per heavy atom. The van der Waals surface area contributed by atoms with Crippen molar-refractivity contribution in [1.29, 1.82) is 0 Å². The number of esters is 1. The van der Waals surface area contributed by atoms with E-state index < -0.39 is 11.8 Å². The summed E-state index contributed by atoms with van der Waals surface area (Å²) in [6.45, 7) is 5.20. The molecule has 1 saturated carbocycles. The summed E-state index contributed by atoms with van der Waals surface area (Å²) in [7, 11) is 1.25. The minimum atomic E-state index is -0.637. The largest absolute Gasteiger partial charge is 0.465 e. The molecule has 116 valence electrons. The minimum Gasteiger partial charge on any atom is -0.465 e. The van der Waals surface area contributed by atoms with Crippen LogP contribution in [0.3, 0.4) is 0 Å². The topological polar surface area (TPSA) is 38.3 Å². The van der Waals surface area contributed by atoms with Gasteiger partial charge in [0, 0.05) is 12.6 Å². The van der Waals surface area contributed by atoms with Crippen LogP contribution in [0, 0.1) is 17.7 Å². The lowest BCUT2D eigenvalue weighted by Crippen LogP contribution is -2.35. The Labute approximate surface area is 125 Å². The molecule has 0 radical (unpaired) electrons. The average Bonchev–Trinajstić information content (AvgIpc) is 2.43. The van der Waals surface area contributed by atoms with Gasteiger partial charge in [0.1, 0.15) is 5.82 Å². The number of halogens is 1. The first-order chi connectivity index (χ1) is 9.99. The fraction of sp³-hybridized carbons (Fsp3) is 0.588. The number of benzene rings is 1. The summed E-state index contributed by atoms with van der Waals surface area (Å²) in [5, 5.41) is 3.51. The van der Waals surface area contributed by atoms with Gasteiger partial charge in [-0.2, -0.15) is 0 Å². The van der Waals surface area contributed by atoms with Crippen molar-refractivity contribution in [2.24, 2.45) is 11.8 Å². The van der Waals surface area contributed by atoms with E-state index in [9.17, 15) is 9.18 Å². The number of carbonyl (C=O) groups is 1. The average molecular weight is 293 g/mol. The molecule has 1 aliphatic carbocycles. The van der Waals surface area contributed by atoms with Gasteiger partial charge in [-0.05, 0) is 48.8 Å². The summed E-state index contributed by atoms with van der Waals surface area (Å²) < 4.78 is 18.4. The maximum absolute atomic E-state index is 13.8. The van der Waals surface area contributed by atoms with Crippen molar-refractivity contribution in [2.45, 2.75) is 45.7 Å². The molecule has 0 heterocycles. The van der Waals surface area contributed by atoms with E-state index in [2.05, 4.69) is 23.9 Å². The van der Waals surface area contributed by atoms with Crippen LogP contribution < -0.4 is 5.32 Å². The second-order valence-corrected chi connectivity index (χ2v) is 6.30. The monoisotopic (exact) mass is 293 g/mol. The predicted octanol–water partition coefficient (Wildman–Crippen LogP) is 3.53. The second-order valence-electron chi connectivity index (χ2n) is 6.30. The second kappa shape index (κ2) is 7.03. The van der Waals surface area contributed by atoms with Gasteiger partial charge < -0.3 is 10.1 Å². The molecule has 1 N–H and O–H groups in total. The molecule has 1 aliphatic rings. The third kappa shape index (κ3) is 4.27. The highest BCUT2D eigenvalue weighted by atomic mass is 19.1. The molecule has 1 aromatic rings. The van der Waals surface area contributed by atoms with Gasteiger partial charge in [0.25, 0.3) is 0 Å². The fourth-order valence-corrected chi connectivity index (χ4v) is 3.32. The predicted molar refractivity (Wildman–Crippen MR) is 80.5 cm³/mol. The maximum Gasteiger partial charge on any atom is 0.340 e. The summed E-state index contributed by atoms with van der Waals surface area (Å²) in [6, 6.07) is 5.17. The molecule has 0 saturated heterocycles. The smallest absolute Gasteiger partial charge is 0.340 e. The quantitative estimate of drug-likeness (QED) is 0.863. The normalized spacial score (nSPS) is 25.6. The first-order valence-electron chi connectivity index (χ1n) is 7.59. The van der Waals surface area contributed by atoms with Gasteiger partial charge in [-0.25, -0.2) is 9.18 Å². The van der Waals surface area contributed by atoms with Gasteiger partial charge in [-0.1, -0.05) is 19.9 Å². The number of carbonyl (C=O) groups excluding carboxylic acids is 1. The van der Waals surface area contributed by atoms with E-state index in [-0.39, 0.29) is 5.56 Å². The molecular weight excluding hydrogens is 269 g/mol. The molecule has 2 rings (SSSR count). The zero-order chi connectivity index (χ0) is 15.4. The van der Waals surface area contributed by atoms with E-state index in [4.69, 9.17) is 0 Å². The van der Waals surface area contributed by atoms with Crippen molar-refractivity contribution in [3.8, 4) is 0 Å². The zero-order valence-electron chi connectivity index (χ0n) is 13.0. The maximum atomic E-state index is 13.8. The lowest BCUT2D eigenvalue weighted by molar-refractivity contribution is 0.0595. The first kappa shape index (κ1) is 16.0. The molecule has 2 unspecified atom stereocenters. The molecule has 0 spiro atoms. The number of rotatable bonds is 4. The lowest BCUT2D eigenvalue weighted by Gasteiger charge is -2.32. The van der Waals surface area contributed by atoms with Gasteiger partial charge in [-0.15, -0.1) is 0 Å². The number of nitrogens with one attached hydrogen (secondary N) is 1. The SMILES string of the molecule is COC(=O)c1ccc(CNC2CC(C)CC(C)C2)cc1F. The van der Waals surface area contributed by atoms with Gasteiger partial charge in [0.15, 0.2) is 0 Å². The first-order valence-corrected chi connectivity index (χ1v) is 7.59. The van der Waals surface area contributed by atoms with Gasteiger partial charge in [-0.3, -0.25) is 0 Å². The number of methoxy groups -OCH3 is 1. The van der Waals surface area contributed by atoms with Gasteiger partial charge in [0.05, 0.1) is 12.7 Å². The van der Waals surface area contributed by atoms with E-state index in [1.54, 1.807) is 6.07 Å². The molecule has 0 aromatic heterocycles. The molecule has 0 amide bonds. The Morgan fingerprint density at radius 1 is 1.29 bits per heavy atom. The molecule has 21 heavy (non-hydrogen) atoms. The standard InChI is InChI=1S/C17H24FNO2/c1-11-6-12(2)8-14(7-11)19-10-13-4-5-15(16(18)9-13)17(20)21-3/h4-5,9,11-12,14,19H,6-8,10H2,1-3H3. The number of hydrogen-bond donors (Lipinski definition) is 1. The van der Waals surface area contributed by atoms with Crippen molar-refractivity contribution >= 4 is 5.97 Å². The molecular formula is C17H24FNO2. The molecule has 1 fully saturated rings. The molecule has 0 aliphatic heterocycles. The van der Waals surface area contributed by atoms with Crippen LogP contribution in [0.2, 0.25) is 0 Å². The van der Waals surface area contributed by atoms with Crippen LogP contribution in [0.25, 0.3) is 0 Å². The van der Waals surface area contributed by atoms with Crippen molar-refractivity contribution in [1.82, 2.24) is 5.32 Å².